The van der Waals surface area contributed by atoms with Gasteiger partial charge < -0.3 is 0 Å². The van der Waals surface area contributed by atoms with Gasteiger partial charge in [-0.3, -0.25) is 9.69 Å². The molecule has 0 unspecified atom stereocenters. The van der Waals surface area contributed by atoms with E-state index in [1.165, 1.54) is 0 Å². The van der Waals surface area contributed by atoms with E-state index in [9.17, 15) is 4.79 Å². The third-order valence-corrected chi connectivity index (χ3v) is 5.08. The molecule has 4 heteroatoms. The van der Waals surface area contributed by atoms with Crippen LogP contribution in [0.15, 0.2) is 82.6 Å². The fourth-order valence-corrected chi connectivity index (χ4v) is 3.86. The standard InChI is InChI=1S/C19H12ClNOS/c20-14-10-11-18-16(12-14)21(15-8-4-5-9-17(15)23-18)19(22)13-6-2-1-3-7-13/h1-12H. The van der Waals surface area contributed by atoms with Crippen molar-refractivity contribution in [3.63, 3.8) is 0 Å². The number of carbonyl (C=O) groups is 1. The monoisotopic (exact) mass is 337 g/mol. The minimum Gasteiger partial charge on any atom is -0.275 e. The summed E-state index contributed by atoms with van der Waals surface area (Å²) in [5.41, 5.74) is 2.37. The third-order valence-electron chi connectivity index (χ3n) is 3.71. The van der Waals surface area contributed by atoms with Crippen molar-refractivity contribution in [2.75, 3.05) is 4.90 Å². The summed E-state index contributed by atoms with van der Waals surface area (Å²) in [7, 11) is 0. The van der Waals surface area contributed by atoms with E-state index in [4.69, 9.17) is 11.6 Å². The molecule has 3 aromatic rings. The topological polar surface area (TPSA) is 20.3 Å². The first-order valence-corrected chi connectivity index (χ1v) is 8.39. The molecule has 1 aliphatic rings. The maximum Gasteiger partial charge on any atom is 0.262 e. The minimum absolute atomic E-state index is 0.0538. The van der Waals surface area contributed by atoms with Crippen LogP contribution >= 0.6 is 23.4 Å². The SMILES string of the molecule is O=C(c1ccccc1)N1c2ccccc2Sc2ccc(Cl)cc21. The number of halogens is 1. The summed E-state index contributed by atoms with van der Waals surface area (Å²) >= 11 is 7.83. The molecule has 0 bridgehead atoms. The van der Waals surface area contributed by atoms with E-state index in [1.807, 2.05) is 72.8 Å². The summed E-state index contributed by atoms with van der Waals surface area (Å²) in [5, 5.41) is 0.620. The highest BCUT2D eigenvalue weighted by molar-refractivity contribution is 7.99. The number of hydrogen-bond donors (Lipinski definition) is 0. The van der Waals surface area contributed by atoms with E-state index in [1.54, 1.807) is 16.7 Å². The predicted molar refractivity (Wildman–Crippen MR) is 94.9 cm³/mol. The average molecular weight is 338 g/mol. The number of nitrogens with zero attached hydrogens (tertiary/aromatic N) is 1. The van der Waals surface area contributed by atoms with E-state index in [0.717, 1.165) is 21.2 Å². The van der Waals surface area contributed by atoms with Gasteiger partial charge in [0.1, 0.15) is 0 Å². The number of amides is 1. The van der Waals surface area contributed by atoms with E-state index >= 15 is 0 Å². The zero-order valence-electron chi connectivity index (χ0n) is 12.1. The molecule has 0 aromatic heterocycles. The molecule has 1 amide bonds. The van der Waals surface area contributed by atoms with Crippen LogP contribution < -0.4 is 4.90 Å². The molecular formula is C19H12ClNOS. The highest BCUT2D eigenvalue weighted by atomic mass is 35.5. The van der Waals surface area contributed by atoms with Crippen molar-refractivity contribution < 1.29 is 4.79 Å². The number of carbonyl (C=O) groups excluding carboxylic acids is 1. The van der Waals surface area contributed by atoms with Crippen LogP contribution in [0.25, 0.3) is 0 Å². The highest BCUT2D eigenvalue weighted by Gasteiger charge is 2.28. The quantitative estimate of drug-likeness (QED) is 0.560. The summed E-state index contributed by atoms with van der Waals surface area (Å²) in [5.74, 6) is -0.0538. The third kappa shape index (κ3) is 2.52. The Morgan fingerprint density at radius 2 is 1.52 bits per heavy atom. The normalized spacial score (nSPS) is 12.5. The van der Waals surface area contributed by atoms with Gasteiger partial charge in [0.25, 0.3) is 5.91 Å². The van der Waals surface area contributed by atoms with Crippen molar-refractivity contribution >= 4 is 40.6 Å². The fourth-order valence-electron chi connectivity index (χ4n) is 2.66. The molecule has 4 rings (SSSR count). The number of rotatable bonds is 1. The molecule has 112 valence electrons. The lowest BCUT2D eigenvalue weighted by Gasteiger charge is -2.31. The first kappa shape index (κ1) is 14.4. The van der Waals surface area contributed by atoms with E-state index < -0.39 is 0 Å². The number of hydrogen-bond acceptors (Lipinski definition) is 2. The van der Waals surface area contributed by atoms with Gasteiger partial charge in [-0.25, -0.2) is 0 Å². The second-order valence-electron chi connectivity index (χ2n) is 5.19. The lowest BCUT2D eigenvalue weighted by atomic mass is 10.1. The van der Waals surface area contributed by atoms with Crippen molar-refractivity contribution in [1.29, 1.82) is 0 Å². The molecule has 1 heterocycles. The lowest BCUT2D eigenvalue weighted by Crippen LogP contribution is -2.28. The smallest absolute Gasteiger partial charge is 0.262 e. The summed E-state index contributed by atoms with van der Waals surface area (Å²) in [6.45, 7) is 0. The molecule has 23 heavy (non-hydrogen) atoms. The Morgan fingerprint density at radius 3 is 2.35 bits per heavy atom. The van der Waals surface area contributed by atoms with Crippen molar-refractivity contribution in [2.24, 2.45) is 0 Å². The molecule has 0 saturated heterocycles. The molecule has 0 saturated carbocycles. The molecule has 0 N–H and O–H groups in total. The summed E-state index contributed by atoms with van der Waals surface area (Å²) < 4.78 is 0. The second kappa shape index (κ2) is 5.76. The molecular weight excluding hydrogens is 326 g/mol. The molecule has 0 radical (unpaired) electrons. The Balaban J connectivity index is 1.91. The number of fused-ring (bicyclic) bond motifs is 2. The van der Waals surface area contributed by atoms with Gasteiger partial charge in [0.2, 0.25) is 0 Å². The van der Waals surface area contributed by atoms with Crippen LogP contribution in [0.5, 0.6) is 0 Å². The van der Waals surface area contributed by atoms with Gasteiger partial charge in [0, 0.05) is 20.4 Å². The van der Waals surface area contributed by atoms with Gasteiger partial charge in [0.15, 0.2) is 0 Å². The lowest BCUT2D eigenvalue weighted by molar-refractivity contribution is 0.0998. The van der Waals surface area contributed by atoms with Crippen LogP contribution in [-0.4, -0.2) is 5.91 Å². The first-order valence-electron chi connectivity index (χ1n) is 7.20. The minimum atomic E-state index is -0.0538. The van der Waals surface area contributed by atoms with E-state index in [-0.39, 0.29) is 5.91 Å². The molecule has 0 atom stereocenters. The Morgan fingerprint density at radius 1 is 0.826 bits per heavy atom. The first-order chi connectivity index (χ1) is 11.2. The molecule has 3 aromatic carbocycles. The molecule has 1 aliphatic heterocycles. The maximum atomic E-state index is 13.1. The Bertz CT molecular complexity index is 895. The number of benzene rings is 3. The summed E-state index contributed by atoms with van der Waals surface area (Å²) in [4.78, 5) is 16.9. The van der Waals surface area contributed by atoms with Gasteiger partial charge >= 0.3 is 0 Å². The molecule has 0 fully saturated rings. The van der Waals surface area contributed by atoms with Gasteiger partial charge in [0.05, 0.1) is 11.4 Å². The summed E-state index contributed by atoms with van der Waals surface area (Å²) in [6.07, 6.45) is 0. The van der Waals surface area contributed by atoms with Crippen LogP contribution in [0.2, 0.25) is 5.02 Å². The van der Waals surface area contributed by atoms with E-state index in [2.05, 4.69) is 0 Å². The predicted octanol–water partition coefficient (Wildman–Crippen LogP) is 5.78. The van der Waals surface area contributed by atoms with Crippen LogP contribution in [-0.2, 0) is 0 Å². The molecule has 2 nitrogen and oxygen atoms in total. The Hall–Kier alpha value is -2.23. The number of para-hydroxylation sites is 1. The summed E-state index contributed by atoms with van der Waals surface area (Å²) in [6, 6.07) is 22.9. The van der Waals surface area contributed by atoms with Crippen LogP contribution in [0.1, 0.15) is 10.4 Å². The van der Waals surface area contributed by atoms with Crippen LogP contribution in [0.4, 0.5) is 11.4 Å². The number of anilines is 2. The van der Waals surface area contributed by atoms with Crippen LogP contribution in [0.3, 0.4) is 0 Å². The zero-order chi connectivity index (χ0) is 15.8. The van der Waals surface area contributed by atoms with E-state index in [0.29, 0.717) is 10.6 Å². The van der Waals surface area contributed by atoms with Gasteiger partial charge in [-0.1, -0.05) is 53.7 Å². The van der Waals surface area contributed by atoms with Gasteiger partial charge in [-0.2, -0.15) is 0 Å². The van der Waals surface area contributed by atoms with Gasteiger partial charge in [-0.15, -0.1) is 0 Å². The fraction of sp³-hybridized carbons (Fsp3) is 0. The maximum absolute atomic E-state index is 13.1. The van der Waals surface area contributed by atoms with Crippen molar-refractivity contribution in [3.05, 3.63) is 83.4 Å². The average Bonchev–Trinajstić information content (AvgIpc) is 2.60. The van der Waals surface area contributed by atoms with Crippen LogP contribution in [0, 0.1) is 0 Å². The Labute approximate surface area is 143 Å². The second-order valence-corrected chi connectivity index (χ2v) is 6.71. The molecule has 0 spiro atoms. The Kier molecular flexibility index (Phi) is 3.60. The van der Waals surface area contributed by atoms with Crippen molar-refractivity contribution in [3.8, 4) is 0 Å². The molecule has 0 aliphatic carbocycles. The van der Waals surface area contributed by atoms with Crippen molar-refractivity contribution in [2.45, 2.75) is 9.79 Å². The highest BCUT2D eigenvalue weighted by Crippen LogP contribution is 2.49. The van der Waals surface area contributed by atoms with Crippen molar-refractivity contribution in [1.82, 2.24) is 0 Å². The zero-order valence-corrected chi connectivity index (χ0v) is 13.6. The van der Waals surface area contributed by atoms with Gasteiger partial charge in [-0.05, 0) is 42.5 Å². The largest absolute Gasteiger partial charge is 0.275 e.